The topological polar surface area (TPSA) is 0 Å². The first-order valence-corrected chi connectivity index (χ1v) is 9.69. The molecule has 0 saturated carbocycles. The first-order valence-electron chi connectivity index (χ1n) is 9.69. The van der Waals surface area contributed by atoms with Crippen LogP contribution >= 0.6 is 0 Å². The fraction of sp³-hybridized carbons (Fsp3) is 0.667. The molecule has 0 radical (unpaired) electrons. The number of hydrogen-bond donors (Lipinski definition) is 0. The van der Waals surface area contributed by atoms with Gasteiger partial charge in [-0.25, -0.2) is 0 Å². The molecule has 0 unspecified atom stereocenters. The lowest BCUT2D eigenvalue weighted by Crippen LogP contribution is -2.28. The minimum atomic E-state index is 0.182. The van der Waals surface area contributed by atoms with Gasteiger partial charge in [-0.1, -0.05) is 63.3 Å². The summed E-state index contributed by atoms with van der Waals surface area (Å²) >= 11 is 0. The van der Waals surface area contributed by atoms with Crippen molar-refractivity contribution in [1.82, 2.24) is 0 Å². The molecule has 0 atom stereocenters. The van der Waals surface area contributed by atoms with Gasteiger partial charge in [-0.2, -0.15) is 0 Å². The molecule has 0 aromatic carbocycles. The molecule has 0 bridgehead atoms. The predicted molar refractivity (Wildman–Crippen MR) is 108 cm³/mol. The predicted octanol–water partition coefficient (Wildman–Crippen LogP) is 7.79. The van der Waals surface area contributed by atoms with Crippen molar-refractivity contribution in [3.05, 3.63) is 44.6 Å². The zero-order valence-corrected chi connectivity index (χ0v) is 18.0. The molecule has 0 heterocycles. The fourth-order valence-corrected chi connectivity index (χ4v) is 5.36. The van der Waals surface area contributed by atoms with Gasteiger partial charge in [0.2, 0.25) is 0 Å². The van der Waals surface area contributed by atoms with Crippen LogP contribution in [0.3, 0.4) is 0 Å². The Morgan fingerprint density at radius 2 is 0.958 bits per heavy atom. The van der Waals surface area contributed by atoms with Crippen LogP contribution in [0.15, 0.2) is 44.6 Å². The van der Waals surface area contributed by atoms with Crippen LogP contribution in [-0.4, -0.2) is 0 Å². The van der Waals surface area contributed by atoms with Crippen molar-refractivity contribution < 1.29 is 0 Å². The zero-order valence-electron chi connectivity index (χ0n) is 18.0. The van der Waals surface area contributed by atoms with Crippen LogP contribution in [0.5, 0.6) is 0 Å². The highest BCUT2D eigenvalue weighted by molar-refractivity contribution is 5.58. The Kier molecular flexibility index (Phi) is 4.86. The third kappa shape index (κ3) is 2.49. The summed E-state index contributed by atoms with van der Waals surface area (Å²) in [6.45, 7) is 26.1. The molecule has 2 aliphatic carbocycles. The Bertz CT molecular complexity index is 626. The Labute approximate surface area is 150 Å². The van der Waals surface area contributed by atoms with E-state index in [0.29, 0.717) is 5.92 Å². The number of allylic oxidation sites excluding steroid dienone is 8. The van der Waals surface area contributed by atoms with Crippen molar-refractivity contribution in [2.75, 3.05) is 0 Å². The quantitative estimate of drug-likeness (QED) is 0.494. The summed E-state index contributed by atoms with van der Waals surface area (Å²) in [4.78, 5) is 0. The van der Waals surface area contributed by atoms with Crippen molar-refractivity contribution in [3.8, 4) is 0 Å². The van der Waals surface area contributed by atoms with E-state index in [1.807, 2.05) is 0 Å². The van der Waals surface area contributed by atoms with Crippen LogP contribution in [0.1, 0.15) is 89.0 Å². The Balaban J connectivity index is 2.67. The standard InChI is InChI=1S/C24H38/c1-12-13-20(21-16(4)14(2)18(6)23(21,8)9)22-17(5)15(3)19(7)24(22,10)11/h20H,12-13H2,1-11H3. The molecule has 0 aromatic heterocycles. The number of hydrogen-bond acceptors (Lipinski definition) is 0. The van der Waals surface area contributed by atoms with Crippen molar-refractivity contribution >= 4 is 0 Å². The highest BCUT2D eigenvalue weighted by atomic mass is 14.5. The van der Waals surface area contributed by atoms with E-state index in [-0.39, 0.29) is 10.8 Å². The van der Waals surface area contributed by atoms with Crippen molar-refractivity contribution in [2.24, 2.45) is 16.7 Å². The molecular weight excluding hydrogens is 288 g/mol. The van der Waals surface area contributed by atoms with E-state index in [0.717, 1.165) is 0 Å². The fourth-order valence-electron chi connectivity index (χ4n) is 5.36. The first-order chi connectivity index (χ1) is 10.9. The summed E-state index contributed by atoms with van der Waals surface area (Å²) < 4.78 is 0. The molecule has 134 valence electrons. The highest BCUT2D eigenvalue weighted by Crippen LogP contribution is 2.58. The van der Waals surface area contributed by atoms with Crippen LogP contribution in [0.2, 0.25) is 0 Å². The third-order valence-electron chi connectivity index (χ3n) is 7.55. The maximum Gasteiger partial charge on any atom is 0.00788 e. The summed E-state index contributed by atoms with van der Waals surface area (Å²) in [5.74, 6) is 0.569. The van der Waals surface area contributed by atoms with Crippen molar-refractivity contribution in [2.45, 2.75) is 89.0 Å². The Morgan fingerprint density at radius 3 is 1.17 bits per heavy atom. The van der Waals surface area contributed by atoms with E-state index in [1.165, 1.54) is 24.0 Å². The Morgan fingerprint density at radius 1 is 0.625 bits per heavy atom. The lowest BCUT2D eigenvalue weighted by molar-refractivity contribution is 0.405. The zero-order chi connectivity index (χ0) is 18.6. The minimum Gasteiger partial charge on any atom is -0.0653 e. The summed E-state index contributed by atoms with van der Waals surface area (Å²) in [7, 11) is 0. The molecule has 0 saturated heterocycles. The van der Waals surface area contributed by atoms with E-state index >= 15 is 0 Å². The molecular formula is C24H38. The molecule has 2 aliphatic rings. The van der Waals surface area contributed by atoms with E-state index in [9.17, 15) is 0 Å². The minimum absolute atomic E-state index is 0.182. The van der Waals surface area contributed by atoms with Crippen LogP contribution in [0, 0.1) is 16.7 Å². The second kappa shape index (κ2) is 6.04. The average Bonchev–Trinajstić information content (AvgIpc) is 2.74. The molecule has 0 amide bonds. The monoisotopic (exact) mass is 326 g/mol. The van der Waals surface area contributed by atoms with E-state index in [1.54, 1.807) is 33.4 Å². The molecule has 0 heteroatoms. The molecule has 0 nitrogen and oxygen atoms in total. The number of rotatable bonds is 4. The van der Waals surface area contributed by atoms with Gasteiger partial charge >= 0.3 is 0 Å². The Hall–Kier alpha value is -1.04. The summed E-state index contributed by atoms with van der Waals surface area (Å²) in [6, 6.07) is 0. The second-order valence-electron chi connectivity index (χ2n) is 9.17. The van der Waals surface area contributed by atoms with Crippen LogP contribution in [-0.2, 0) is 0 Å². The maximum absolute atomic E-state index is 2.44. The summed E-state index contributed by atoms with van der Waals surface area (Å²) in [6.07, 6.45) is 2.49. The van der Waals surface area contributed by atoms with Crippen LogP contribution in [0.4, 0.5) is 0 Å². The van der Waals surface area contributed by atoms with E-state index < -0.39 is 0 Å². The summed E-state index contributed by atoms with van der Waals surface area (Å²) in [5, 5.41) is 0. The van der Waals surface area contributed by atoms with Gasteiger partial charge in [0.05, 0.1) is 0 Å². The first kappa shape index (κ1) is 19.3. The van der Waals surface area contributed by atoms with Gasteiger partial charge in [-0.15, -0.1) is 0 Å². The van der Waals surface area contributed by atoms with Gasteiger partial charge in [0, 0.05) is 16.7 Å². The second-order valence-corrected chi connectivity index (χ2v) is 9.17. The van der Waals surface area contributed by atoms with Gasteiger partial charge < -0.3 is 0 Å². The van der Waals surface area contributed by atoms with Gasteiger partial charge in [0.1, 0.15) is 0 Å². The molecule has 0 aliphatic heterocycles. The molecule has 0 N–H and O–H groups in total. The lowest BCUT2D eigenvalue weighted by Gasteiger charge is -2.39. The van der Waals surface area contributed by atoms with E-state index in [4.69, 9.17) is 0 Å². The van der Waals surface area contributed by atoms with E-state index in [2.05, 4.69) is 76.2 Å². The maximum atomic E-state index is 2.44. The highest BCUT2D eigenvalue weighted by Gasteiger charge is 2.45. The third-order valence-corrected chi connectivity index (χ3v) is 7.55. The molecule has 0 spiro atoms. The van der Waals surface area contributed by atoms with Crippen LogP contribution in [0.25, 0.3) is 0 Å². The van der Waals surface area contributed by atoms with Crippen LogP contribution < -0.4 is 0 Å². The van der Waals surface area contributed by atoms with Crippen molar-refractivity contribution in [1.29, 1.82) is 0 Å². The SMILES string of the molecule is CCCC(C1=C(C)C(C)=C(C)C1(C)C)C1=C(C)C(C)=C(C)C1(C)C. The van der Waals surface area contributed by atoms with Gasteiger partial charge in [0.15, 0.2) is 0 Å². The lowest BCUT2D eigenvalue weighted by atomic mass is 9.65. The van der Waals surface area contributed by atoms with Gasteiger partial charge in [0.25, 0.3) is 0 Å². The molecule has 0 aromatic rings. The molecule has 0 fully saturated rings. The van der Waals surface area contributed by atoms with Gasteiger partial charge in [-0.05, 0) is 70.3 Å². The smallest absolute Gasteiger partial charge is 0.00788 e. The normalized spacial score (nSPS) is 23.5. The largest absolute Gasteiger partial charge is 0.0653 e. The summed E-state index contributed by atoms with van der Waals surface area (Å²) in [5.41, 5.74) is 13.0. The average molecular weight is 327 g/mol. The van der Waals surface area contributed by atoms with Gasteiger partial charge in [-0.3, -0.25) is 0 Å². The molecule has 2 rings (SSSR count). The molecule has 24 heavy (non-hydrogen) atoms. The van der Waals surface area contributed by atoms with Crippen molar-refractivity contribution in [3.63, 3.8) is 0 Å².